The lowest BCUT2D eigenvalue weighted by Gasteiger charge is -2.26. The van der Waals surface area contributed by atoms with Crippen LogP contribution in [0.3, 0.4) is 0 Å². The lowest BCUT2D eigenvalue weighted by Crippen LogP contribution is -2.41. The molecule has 1 saturated carbocycles. The van der Waals surface area contributed by atoms with Crippen LogP contribution in [0.5, 0.6) is 0 Å². The van der Waals surface area contributed by atoms with Crippen molar-refractivity contribution < 1.29 is 4.21 Å². The van der Waals surface area contributed by atoms with Crippen LogP contribution in [0.4, 0.5) is 0 Å². The molecule has 2 N–H and O–H groups in total. The van der Waals surface area contributed by atoms with Crippen molar-refractivity contribution >= 4 is 26.7 Å². The van der Waals surface area contributed by atoms with Gasteiger partial charge in [-0.2, -0.15) is 0 Å². The molecule has 0 bridgehead atoms. The molecule has 1 fully saturated rings. The van der Waals surface area contributed by atoms with E-state index in [2.05, 4.69) is 29.8 Å². The summed E-state index contributed by atoms with van der Waals surface area (Å²) in [6.07, 6.45) is 2.01. The molecule has 0 aliphatic heterocycles. The van der Waals surface area contributed by atoms with E-state index < -0.39 is 10.8 Å². The van der Waals surface area contributed by atoms with Gasteiger partial charge in [-0.3, -0.25) is 4.21 Å². The van der Waals surface area contributed by atoms with Crippen LogP contribution in [0.2, 0.25) is 0 Å². The Morgan fingerprint density at radius 2 is 1.94 bits per heavy atom. The van der Waals surface area contributed by atoms with E-state index in [-0.39, 0.29) is 16.7 Å². The summed E-state index contributed by atoms with van der Waals surface area (Å²) in [5.74, 6) is 0. The van der Waals surface area contributed by atoms with Gasteiger partial charge in [-0.15, -0.1) is 0 Å². The van der Waals surface area contributed by atoms with Gasteiger partial charge in [0.25, 0.3) is 0 Å². The second-order valence-electron chi connectivity index (χ2n) is 5.34. The van der Waals surface area contributed by atoms with Gasteiger partial charge in [-0.1, -0.05) is 29.8 Å². The smallest absolute Gasteiger partial charge is 0.0576 e. The van der Waals surface area contributed by atoms with Crippen molar-refractivity contribution in [3.05, 3.63) is 28.7 Å². The van der Waals surface area contributed by atoms with E-state index in [0.29, 0.717) is 0 Å². The van der Waals surface area contributed by atoms with E-state index in [1.165, 1.54) is 0 Å². The molecule has 1 aliphatic carbocycles. The first kappa shape index (κ1) is 13.2. The second-order valence-corrected chi connectivity index (χ2v) is 7.93. The molecule has 94 valence electrons. The van der Waals surface area contributed by atoms with Gasteiger partial charge >= 0.3 is 0 Å². The number of benzene rings is 1. The SMILES string of the molecule is CC1(C)CCC(S(=O)c2ccc(Br)cc2)C1N. The van der Waals surface area contributed by atoms with Crippen LogP contribution in [0.25, 0.3) is 0 Å². The Labute approximate surface area is 114 Å². The van der Waals surface area contributed by atoms with Crippen molar-refractivity contribution in [2.24, 2.45) is 11.1 Å². The minimum Gasteiger partial charge on any atom is -0.326 e. The lowest BCUT2D eigenvalue weighted by atomic mass is 9.88. The van der Waals surface area contributed by atoms with E-state index in [1.807, 2.05) is 24.3 Å². The standard InChI is InChI=1S/C13H18BrNOS/c1-13(2)8-7-11(12(13)15)17(16)10-5-3-9(14)4-6-10/h3-6,11-12H,7-8,15H2,1-2H3. The summed E-state index contributed by atoms with van der Waals surface area (Å²) in [6, 6.07) is 7.71. The van der Waals surface area contributed by atoms with Crippen molar-refractivity contribution in [1.82, 2.24) is 0 Å². The highest BCUT2D eigenvalue weighted by atomic mass is 79.9. The summed E-state index contributed by atoms with van der Waals surface area (Å²) in [4.78, 5) is 0.881. The molecule has 0 aromatic heterocycles. The number of nitrogens with two attached hydrogens (primary N) is 1. The summed E-state index contributed by atoms with van der Waals surface area (Å²) in [5.41, 5.74) is 6.33. The van der Waals surface area contributed by atoms with Crippen LogP contribution < -0.4 is 5.73 Å². The van der Waals surface area contributed by atoms with Gasteiger partial charge < -0.3 is 5.73 Å². The Bertz CT molecular complexity index is 430. The van der Waals surface area contributed by atoms with Gasteiger partial charge in [0, 0.05) is 15.4 Å². The maximum Gasteiger partial charge on any atom is 0.0576 e. The highest BCUT2D eigenvalue weighted by molar-refractivity contribution is 9.10. The highest BCUT2D eigenvalue weighted by Gasteiger charge is 2.42. The van der Waals surface area contributed by atoms with E-state index in [9.17, 15) is 4.21 Å². The second kappa shape index (κ2) is 4.82. The maximum absolute atomic E-state index is 12.5. The third kappa shape index (κ3) is 2.64. The quantitative estimate of drug-likeness (QED) is 0.911. The molecule has 1 aliphatic rings. The molecule has 2 rings (SSSR count). The summed E-state index contributed by atoms with van der Waals surface area (Å²) < 4.78 is 13.5. The molecule has 3 atom stereocenters. The van der Waals surface area contributed by atoms with Crippen molar-refractivity contribution in [3.8, 4) is 0 Å². The fourth-order valence-corrected chi connectivity index (χ4v) is 4.33. The first-order valence-electron chi connectivity index (χ1n) is 5.83. The third-order valence-electron chi connectivity index (χ3n) is 3.70. The van der Waals surface area contributed by atoms with Crippen LogP contribution >= 0.6 is 15.9 Å². The number of halogens is 1. The van der Waals surface area contributed by atoms with E-state index in [4.69, 9.17) is 5.73 Å². The minimum atomic E-state index is -0.990. The molecule has 3 unspecified atom stereocenters. The highest BCUT2D eigenvalue weighted by Crippen LogP contribution is 2.39. The van der Waals surface area contributed by atoms with Crippen molar-refractivity contribution in [2.45, 2.75) is 42.9 Å². The van der Waals surface area contributed by atoms with Gasteiger partial charge in [-0.25, -0.2) is 0 Å². The molecule has 0 heterocycles. The van der Waals surface area contributed by atoms with Crippen LogP contribution in [0.15, 0.2) is 33.6 Å². The topological polar surface area (TPSA) is 43.1 Å². The minimum absolute atomic E-state index is 0.0204. The molecular weight excluding hydrogens is 298 g/mol. The number of hydrogen-bond donors (Lipinski definition) is 1. The Morgan fingerprint density at radius 1 is 1.35 bits per heavy atom. The zero-order valence-corrected chi connectivity index (χ0v) is 12.6. The van der Waals surface area contributed by atoms with E-state index in [0.717, 1.165) is 22.2 Å². The van der Waals surface area contributed by atoms with Crippen molar-refractivity contribution in [2.75, 3.05) is 0 Å². The summed E-state index contributed by atoms with van der Waals surface area (Å²) >= 11 is 3.38. The zero-order valence-electron chi connectivity index (χ0n) is 10.2. The van der Waals surface area contributed by atoms with Gasteiger partial charge in [0.05, 0.1) is 16.0 Å². The Hall–Kier alpha value is -0.190. The van der Waals surface area contributed by atoms with Crippen LogP contribution in [0.1, 0.15) is 26.7 Å². The fourth-order valence-electron chi connectivity index (χ4n) is 2.35. The van der Waals surface area contributed by atoms with Crippen LogP contribution in [-0.4, -0.2) is 15.5 Å². The average molecular weight is 316 g/mol. The van der Waals surface area contributed by atoms with E-state index in [1.54, 1.807) is 0 Å². The summed E-state index contributed by atoms with van der Waals surface area (Å²) in [6.45, 7) is 4.33. The molecule has 17 heavy (non-hydrogen) atoms. The molecule has 0 radical (unpaired) electrons. The normalized spacial score (nSPS) is 29.2. The molecule has 0 amide bonds. The fraction of sp³-hybridized carbons (Fsp3) is 0.538. The lowest BCUT2D eigenvalue weighted by molar-refractivity contribution is 0.334. The van der Waals surface area contributed by atoms with Crippen LogP contribution in [-0.2, 0) is 10.8 Å². The molecule has 0 spiro atoms. The number of rotatable bonds is 2. The van der Waals surface area contributed by atoms with E-state index >= 15 is 0 Å². The molecular formula is C13H18BrNOS. The molecule has 1 aromatic carbocycles. The molecule has 2 nitrogen and oxygen atoms in total. The van der Waals surface area contributed by atoms with Gasteiger partial charge in [0.1, 0.15) is 0 Å². The molecule has 0 saturated heterocycles. The molecule has 1 aromatic rings. The molecule has 4 heteroatoms. The summed E-state index contributed by atoms with van der Waals surface area (Å²) in [7, 11) is -0.990. The first-order valence-corrected chi connectivity index (χ1v) is 7.84. The van der Waals surface area contributed by atoms with Gasteiger partial charge in [0.15, 0.2) is 0 Å². The summed E-state index contributed by atoms with van der Waals surface area (Å²) in [5, 5.41) is 0.0891. The van der Waals surface area contributed by atoms with Crippen molar-refractivity contribution in [1.29, 1.82) is 0 Å². The Morgan fingerprint density at radius 3 is 2.41 bits per heavy atom. The third-order valence-corrected chi connectivity index (χ3v) is 6.04. The van der Waals surface area contributed by atoms with Gasteiger partial charge in [0.2, 0.25) is 0 Å². The van der Waals surface area contributed by atoms with Crippen molar-refractivity contribution in [3.63, 3.8) is 0 Å². The largest absolute Gasteiger partial charge is 0.326 e. The number of hydrogen-bond acceptors (Lipinski definition) is 2. The monoisotopic (exact) mass is 315 g/mol. The predicted molar refractivity (Wildman–Crippen MR) is 75.3 cm³/mol. The van der Waals surface area contributed by atoms with Gasteiger partial charge in [-0.05, 0) is 42.5 Å². The zero-order chi connectivity index (χ0) is 12.6. The first-order chi connectivity index (χ1) is 7.92. The Kier molecular flexibility index (Phi) is 3.76. The average Bonchev–Trinajstić information content (AvgIpc) is 2.55. The predicted octanol–water partition coefficient (Wildman–Crippen LogP) is 3.07. The van der Waals surface area contributed by atoms with Crippen LogP contribution in [0, 0.1) is 5.41 Å². The maximum atomic E-state index is 12.5. The Balaban J connectivity index is 2.19.